The Bertz CT molecular complexity index is 557. The van der Waals surface area contributed by atoms with Crippen LogP contribution in [0.2, 0.25) is 0 Å². The van der Waals surface area contributed by atoms with E-state index in [0.29, 0.717) is 23.6 Å². The van der Waals surface area contributed by atoms with E-state index in [2.05, 4.69) is 19.2 Å². The molecule has 118 valence electrons. The molecule has 1 saturated heterocycles. The lowest BCUT2D eigenvalue weighted by molar-refractivity contribution is -0.121. The number of hydrogen-bond donors (Lipinski definition) is 1. The fourth-order valence-electron chi connectivity index (χ4n) is 3.69. The molecule has 1 aromatic carbocycles. The van der Waals surface area contributed by atoms with E-state index < -0.39 is 0 Å². The smallest absolute Gasteiger partial charge is 0.251 e. The van der Waals surface area contributed by atoms with Crippen molar-refractivity contribution >= 4 is 17.5 Å². The van der Waals surface area contributed by atoms with Crippen molar-refractivity contribution in [3.63, 3.8) is 0 Å². The number of rotatable bonds is 3. The Kier molecular flexibility index (Phi) is 4.30. The lowest BCUT2D eigenvalue weighted by Gasteiger charge is -2.36. The van der Waals surface area contributed by atoms with Gasteiger partial charge in [-0.2, -0.15) is 0 Å². The van der Waals surface area contributed by atoms with Crippen LogP contribution in [-0.2, 0) is 9.59 Å². The van der Waals surface area contributed by atoms with Gasteiger partial charge in [0.1, 0.15) is 0 Å². The largest absolute Gasteiger partial charge is 0.302 e. The number of nitrogens with zero attached hydrogens (tertiary/aromatic N) is 1. The zero-order valence-electron chi connectivity index (χ0n) is 13.3. The molecule has 4 nitrogen and oxygen atoms in total. The molecule has 1 aromatic rings. The van der Waals surface area contributed by atoms with E-state index in [1.807, 2.05) is 30.3 Å². The summed E-state index contributed by atoms with van der Waals surface area (Å²) in [5.41, 5.74) is 0.673. The zero-order valence-corrected chi connectivity index (χ0v) is 13.3. The lowest BCUT2D eigenvalue weighted by Crippen LogP contribution is -2.48. The Hall–Kier alpha value is -1.68. The first-order valence-electron chi connectivity index (χ1n) is 8.26. The molecule has 1 saturated carbocycles. The molecule has 2 amide bonds. The molecular weight excluding hydrogens is 276 g/mol. The minimum atomic E-state index is -0.370. The Morgan fingerprint density at radius 1 is 1.09 bits per heavy atom. The standard InChI is InChI=1S/C18H24N2O2/c1-12-7-6-10-15(13(12)2)19-16-11-17(21)20(18(16)22)14-8-4-3-5-9-14/h3-5,8-9,12-13,15-16,19H,6-7,10-11H2,1-2H3/t12-,13+,15+,16+/m0/s1. The predicted octanol–water partition coefficient (Wildman–Crippen LogP) is 2.73. The highest BCUT2D eigenvalue weighted by molar-refractivity contribution is 6.22. The topological polar surface area (TPSA) is 49.4 Å². The molecule has 4 heteroatoms. The Balaban J connectivity index is 1.72. The van der Waals surface area contributed by atoms with Gasteiger partial charge in [-0.3, -0.25) is 9.59 Å². The Morgan fingerprint density at radius 3 is 2.55 bits per heavy atom. The van der Waals surface area contributed by atoms with Crippen LogP contribution >= 0.6 is 0 Å². The number of hydrogen-bond acceptors (Lipinski definition) is 3. The van der Waals surface area contributed by atoms with E-state index in [-0.39, 0.29) is 24.3 Å². The molecule has 22 heavy (non-hydrogen) atoms. The Labute approximate surface area is 131 Å². The normalized spacial score (nSPS) is 32.5. The van der Waals surface area contributed by atoms with Crippen molar-refractivity contribution in [2.24, 2.45) is 11.8 Å². The van der Waals surface area contributed by atoms with Gasteiger partial charge in [0.2, 0.25) is 5.91 Å². The summed E-state index contributed by atoms with van der Waals surface area (Å²) in [5.74, 6) is 0.998. The minimum Gasteiger partial charge on any atom is -0.302 e. The summed E-state index contributed by atoms with van der Waals surface area (Å²) < 4.78 is 0. The van der Waals surface area contributed by atoms with Crippen molar-refractivity contribution in [3.8, 4) is 0 Å². The first kappa shape index (κ1) is 15.2. The molecule has 2 fully saturated rings. The average molecular weight is 300 g/mol. The van der Waals surface area contributed by atoms with E-state index in [4.69, 9.17) is 0 Å². The van der Waals surface area contributed by atoms with Gasteiger partial charge in [-0.15, -0.1) is 0 Å². The fourth-order valence-corrected chi connectivity index (χ4v) is 3.69. The fraction of sp³-hybridized carbons (Fsp3) is 0.556. The van der Waals surface area contributed by atoms with Crippen LogP contribution in [0.1, 0.15) is 39.5 Å². The highest BCUT2D eigenvalue weighted by Gasteiger charge is 2.41. The van der Waals surface area contributed by atoms with Gasteiger partial charge in [0.25, 0.3) is 5.91 Å². The highest BCUT2D eigenvalue weighted by Crippen LogP contribution is 2.31. The van der Waals surface area contributed by atoms with E-state index >= 15 is 0 Å². The third-order valence-corrected chi connectivity index (χ3v) is 5.28. The number of anilines is 1. The van der Waals surface area contributed by atoms with Crippen LogP contribution < -0.4 is 10.2 Å². The summed E-state index contributed by atoms with van der Waals surface area (Å²) in [6.45, 7) is 4.52. The number of imide groups is 1. The number of benzene rings is 1. The molecule has 0 radical (unpaired) electrons. The van der Waals surface area contributed by atoms with Crippen LogP contribution in [0.15, 0.2) is 30.3 Å². The van der Waals surface area contributed by atoms with Crippen LogP contribution in [0.4, 0.5) is 5.69 Å². The van der Waals surface area contributed by atoms with Crippen molar-refractivity contribution < 1.29 is 9.59 Å². The average Bonchev–Trinajstić information content (AvgIpc) is 2.79. The van der Waals surface area contributed by atoms with Gasteiger partial charge >= 0.3 is 0 Å². The predicted molar refractivity (Wildman–Crippen MR) is 86.4 cm³/mol. The van der Waals surface area contributed by atoms with Gasteiger partial charge in [0, 0.05) is 6.04 Å². The maximum absolute atomic E-state index is 12.6. The quantitative estimate of drug-likeness (QED) is 0.873. The first-order chi connectivity index (χ1) is 10.6. The van der Waals surface area contributed by atoms with Crippen molar-refractivity contribution in [2.75, 3.05) is 4.90 Å². The van der Waals surface area contributed by atoms with Gasteiger partial charge in [0.05, 0.1) is 18.2 Å². The van der Waals surface area contributed by atoms with Crippen LogP contribution in [0, 0.1) is 11.8 Å². The minimum absolute atomic E-state index is 0.106. The molecule has 1 aliphatic heterocycles. The molecule has 1 heterocycles. The third-order valence-electron chi connectivity index (χ3n) is 5.28. The molecule has 0 bridgehead atoms. The number of para-hydroxylation sites is 1. The van der Waals surface area contributed by atoms with Crippen LogP contribution in [0.5, 0.6) is 0 Å². The first-order valence-corrected chi connectivity index (χ1v) is 8.26. The molecule has 0 aromatic heterocycles. The third kappa shape index (κ3) is 2.80. The van der Waals surface area contributed by atoms with Crippen LogP contribution in [-0.4, -0.2) is 23.9 Å². The molecule has 1 aliphatic carbocycles. The summed E-state index contributed by atoms with van der Waals surface area (Å²) in [7, 11) is 0. The van der Waals surface area contributed by atoms with Crippen LogP contribution in [0.25, 0.3) is 0 Å². The molecule has 0 spiro atoms. The van der Waals surface area contributed by atoms with Crippen molar-refractivity contribution in [1.82, 2.24) is 5.32 Å². The SMILES string of the molecule is C[C@@H]1[C@@H](C)CCC[C@H]1N[C@@H]1CC(=O)N(c2ccccc2)C1=O. The number of carbonyl (C=O) groups excluding carboxylic acids is 2. The van der Waals surface area contributed by atoms with Crippen LogP contribution in [0.3, 0.4) is 0 Å². The second kappa shape index (κ2) is 6.21. The zero-order chi connectivity index (χ0) is 15.7. The summed E-state index contributed by atoms with van der Waals surface area (Å²) in [6.07, 6.45) is 3.81. The van der Waals surface area contributed by atoms with Crippen molar-refractivity contribution in [3.05, 3.63) is 30.3 Å². The summed E-state index contributed by atoms with van der Waals surface area (Å²) >= 11 is 0. The molecular formula is C18H24N2O2. The number of amides is 2. The summed E-state index contributed by atoms with van der Waals surface area (Å²) in [4.78, 5) is 26.2. The second-order valence-electron chi connectivity index (χ2n) is 6.70. The van der Waals surface area contributed by atoms with E-state index in [9.17, 15) is 9.59 Å². The second-order valence-corrected chi connectivity index (χ2v) is 6.70. The molecule has 1 N–H and O–H groups in total. The maximum atomic E-state index is 12.6. The summed E-state index contributed by atoms with van der Waals surface area (Å²) in [5, 5.41) is 3.47. The van der Waals surface area contributed by atoms with E-state index in [1.54, 1.807) is 0 Å². The van der Waals surface area contributed by atoms with Gasteiger partial charge in [-0.05, 0) is 30.4 Å². The summed E-state index contributed by atoms with van der Waals surface area (Å²) in [6, 6.07) is 9.16. The van der Waals surface area contributed by atoms with Gasteiger partial charge in [-0.25, -0.2) is 4.90 Å². The van der Waals surface area contributed by atoms with Gasteiger partial charge in [0.15, 0.2) is 0 Å². The molecule has 2 aliphatic rings. The highest BCUT2D eigenvalue weighted by atomic mass is 16.2. The molecule has 4 atom stereocenters. The van der Waals surface area contributed by atoms with Crippen molar-refractivity contribution in [2.45, 2.75) is 51.6 Å². The monoisotopic (exact) mass is 300 g/mol. The number of nitrogens with one attached hydrogen (secondary N) is 1. The van der Waals surface area contributed by atoms with E-state index in [0.717, 1.165) is 6.42 Å². The molecule has 3 rings (SSSR count). The molecule has 0 unspecified atom stereocenters. The van der Waals surface area contributed by atoms with Gasteiger partial charge < -0.3 is 5.32 Å². The Morgan fingerprint density at radius 2 is 1.82 bits per heavy atom. The van der Waals surface area contributed by atoms with Gasteiger partial charge in [-0.1, -0.05) is 44.9 Å². The lowest BCUT2D eigenvalue weighted by atomic mass is 9.78. The van der Waals surface area contributed by atoms with Crippen molar-refractivity contribution in [1.29, 1.82) is 0 Å². The van der Waals surface area contributed by atoms with E-state index in [1.165, 1.54) is 17.7 Å². The number of carbonyl (C=O) groups is 2. The maximum Gasteiger partial charge on any atom is 0.251 e.